The standard InChI is InChI=1S/C14H18N2O/c1-13(2,15)12(17)16-9-14(7-8-14)10-5-3-4-6-11(10)16/h3-6H,7-9,15H2,1-2H3. The van der Waals surface area contributed by atoms with Crippen LogP contribution in [0, 0.1) is 0 Å². The second-order valence-electron chi connectivity index (χ2n) is 5.91. The van der Waals surface area contributed by atoms with Crippen LogP contribution in [0.3, 0.4) is 0 Å². The molecule has 0 saturated heterocycles. The number of carbonyl (C=O) groups excluding carboxylic acids is 1. The first-order chi connectivity index (χ1) is 7.94. The molecule has 2 N–H and O–H groups in total. The predicted molar refractivity (Wildman–Crippen MR) is 68.0 cm³/mol. The van der Waals surface area contributed by atoms with Crippen molar-refractivity contribution >= 4 is 11.6 Å². The van der Waals surface area contributed by atoms with Crippen molar-refractivity contribution < 1.29 is 4.79 Å². The number of carbonyl (C=O) groups is 1. The van der Waals surface area contributed by atoms with Crippen LogP contribution in [0.4, 0.5) is 5.69 Å². The Bertz CT molecular complexity index is 483. The fraction of sp³-hybridized carbons (Fsp3) is 0.500. The van der Waals surface area contributed by atoms with Gasteiger partial charge >= 0.3 is 0 Å². The summed E-state index contributed by atoms with van der Waals surface area (Å²) in [6, 6.07) is 8.23. The van der Waals surface area contributed by atoms with E-state index in [1.54, 1.807) is 13.8 Å². The third kappa shape index (κ3) is 1.49. The minimum atomic E-state index is -0.798. The lowest BCUT2D eigenvalue weighted by Crippen LogP contribution is -2.51. The molecule has 1 aliphatic carbocycles. The number of fused-ring (bicyclic) bond motifs is 2. The Morgan fingerprint density at radius 1 is 1.35 bits per heavy atom. The third-order valence-corrected chi connectivity index (χ3v) is 3.88. The number of hydrogen-bond acceptors (Lipinski definition) is 2. The number of rotatable bonds is 1. The smallest absolute Gasteiger partial charge is 0.246 e. The molecule has 2 aliphatic rings. The van der Waals surface area contributed by atoms with E-state index in [-0.39, 0.29) is 11.3 Å². The molecule has 0 bridgehead atoms. The number of anilines is 1. The Hall–Kier alpha value is -1.35. The van der Waals surface area contributed by atoms with Crippen molar-refractivity contribution in [3.63, 3.8) is 0 Å². The summed E-state index contributed by atoms with van der Waals surface area (Å²) in [5.41, 5.74) is 7.78. The van der Waals surface area contributed by atoms with Gasteiger partial charge in [0, 0.05) is 17.6 Å². The lowest BCUT2D eigenvalue weighted by atomic mass is 9.99. The Morgan fingerprint density at radius 3 is 2.59 bits per heavy atom. The quantitative estimate of drug-likeness (QED) is 0.799. The minimum absolute atomic E-state index is 0.0220. The average molecular weight is 230 g/mol. The Balaban J connectivity index is 2.03. The van der Waals surface area contributed by atoms with Crippen LogP contribution in [-0.4, -0.2) is 18.0 Å². The van der Waals surface area contributed by atoms with Crippen molar-refractivity contribution in [2.45, 2.75) is 37.6 Å². The van der Waals surface area contributed by atoms with E-state index in [1.807, 2.05) is 17.0 Å². The summed E-state index contributed by atoms with van der Waals surface area (Å²) in [6.07, 6.45) is 2.39. The van der Waals surface area contributed by atoms with Crippen LogP contribution >= 0.6 is 0 Å². The van der Waals surface area contributed by atoms with E-state index < -0.39 is 5.54 Å². The highest BCUT2D eigenvalue weighted by atomic mass is 16.2. The van der Waals surface area contributed by atoms with Gasteiger partial charge in [0.05, 0.1) is 5.54 Å². The molecule has 0 radical (unpaired) electrons. The van der Waals surface area contributed by atoms with Crippen molar-refractivity contribution in [2.24, 2.45) is 5.73 Å². The molecule has 1 spiro atoms. The highest BCUT2D eigenvalue weighted by molar-refractivity contribution is 6.02. The molecule has 1 aromatic carbocycles. The summed E-state index contributed by atoms with van der Waals surface area (Å²) in [6.45, 7) is 4.36. The van der Waals surface area contributed by atoms with Gasteiger partial charge in [0.2, 0.25) is 5.91 Å². The second kappa shape index (κ2) is 3.10. The molecule has 1 aliphatic heterocycles. The summed E-state index contributed by atoms with van der Waals surface area (Å²) >= 11 is 0. The summed E-state index contributed by atoms with van der Waals surface area (Å²) in [4.78, 5) is 14.2. The van der Waals surface area contributed by atoms with Gasteiger partial charge in [-0.25, -0.2) is 0 Å². The van der Waals surface area contributed by atoms with E-state index in [0.29, 0.717) is 0 Å². The monoisotopic (exact) mass is 230 g/mol. The predicted octanol–water partition coefficient (Wildman–Crippen LogP) is 1.80. The molecule has 1 fully saturated rings. The second-order valence-corrected chi connectivity index (χ2v) is 5.91. The van der Waals surface area contributed by atoms with Gasteiger partial charge in [-0.2, -0.15) is 0 Å². The topological polar surface area (TPSA) is 46.3 Å². The zero-order valence-corrected chi connectivity index (χ0v) is 10.4. The Morgan fingerprint density at radius 2 is 2.00 bits per heavy atom. The molecule has 3 nitrogen and oxygen atoms in total. The Labute approximate surface area is 102 Å². The molecule has 1 aromatic rings. The van der Waals surface area contributed by atoms with Gasteiger partial charge < -0.3 is 10.6 Å². The molecule has 1 heterocycles. The van der Waals surface area contributed by atoms with Gasteiger partial charge in [0.15, 0.2) is 0 Å². The lowest BCUT2D eigenvalue weighted by molar-refractivity contribution is -0.122. The van der Waals surface area contributed by atoms with Crippen LogP contribution in [-0.2, 0) is 10.2 Å². The summed E-state index contributed by atoms with van der Waals surface area (Å²) in [5.74, 6) is 0.0220. The molecule has 3 heteroatoms. The fourth-order valence-electron chi connectivity index (χ4n) is 2.74. The van der Waals surface area contributed by atoms with Crippen molar-refractivity contribution in [1.82, 2.24) is 0 Å². The highest BCUT2D eigenvalue weighted by Gasteiger charge is 2.53. The van der Waals surface area contributed by atoms with Crippen molar-refractivity contribution in [3.05, 3.63) is 29.8 Å². The molecule has 90 valence electrons. The first kappa shape index (κ1) is 10.8. The van der Waals surface area contributed by atoms with Crippen LogP contribution in [0.1, 0.15) is 32.3 Å². The van der Waals surface area contributed by atoms with Gasteiger partial charge in [0.1, 0.15) is 0 Å². The van der Waals surface area contributed by atoms with E-state index >= 15 is 0 Å². The van der Waals surface area contributed by atoms with Gasteiger partial charge in [-0.3, -0.25) is 4.79 Å². The van der Waals surface area contributed by atoms with Crippen molar-refractivity contribution in [2.75, 3.05) is 11.4 Å². The first-order valence-corrected chi connectivity index (χ1v) is 6.14. The number of hydrogen-bond donors (Lipinski definition) is 1. The van der Waals surface area contributed by atoms with Crippen LogP contribution in [0.25, 0.3) is 0 Å². The van der Waals surface area contributed by atoms with E-state index in [0.717, 1.165) is 12.2 Å². The summed E-state index contributed by atoms with van der Waals surface area (Å²) in [7, 11) is 0. The highest BCUT2D eigenvalue weighted by Crippen LogP contribution is 2.56. The number of benzene rings is 1. The minimum Gasteiger partial charge on any atom is -0.318 e. The van der Waals surface area contributed by atoms with Gasteiger partial charge in [-0.05, 0) is 38.3 Å². The summed E-state index contributed by atoms with van der Waals surface area (Å²) in [5, 5.41) is 0. The number of para-hydroxylation sites is 1. The van der Waals surface area contributed by atoms with E-state index in [9.17, 15) is 4.79 Å². The van der Waals surface area contributed by atoms with Crippen LogP contribution in [0.15, 0.2) is 24.3 Å². The lowest BCUT2D eigenvalue weighted by Gasteiger charge is -2.26. The SMILES string of the molecule is CC(C)(N)C(=O)N1CC2(CC2)c2ccccc21. The molecule has 17 heavy (non-hydrogen) atoms. The van der Waals surface area contributed by atoms with Gasteiger partial charge in [-0.15, -0.1) is 0 Å². The maximum Gasteiger partial charge on any atom is 0.246 e. The van der Waals surface area contributed by atoms with Gasteiger partial charge in [0.25, 0.3) is 0 Å². The molecule has 0 unspecified atom stereocenters. The van der Waals surface area contributed by atoms with Crippen molar-refractivity contribution in [3.8, 4) is 0 Å². The van der Waals surface area contributed by atoms with Crippen LogP contribution in [0.5, 0.6) is 0 Å². The number of amides is 1. The number of nitrogens with zero attached hydrogens (tertiary/aromatic N) is 1. The molecule has 0 atom stereocenters. The zero-order valence-electron chi connectivity index (χ0n) is 10.4. The van der Waals surface area contributed by atoms with Crippen LogP contribution < -0.4 is 10.6 Å². The molecule has 1 amide bonds. The largest absolute Gasteiger partial charge is 0.318 e. The van der Waals surface area contributed by atoms with Crippen LogP contribution in [0.2, 0.25) is 0 Å². The first-order valence-electron chi connectivity index (χ1n) is 6.14. The molecule has 0 aromatic heterocycles. The Kier molecular flexibility index (Phi) is 1.97. The molecule has 3 rings (SSSR count). The van der Waals surface area contributed by atoms with E-state index in [2.05, 4.69) is 12.1 Å². The third-order valence-electron chi connectivity index (χ3n) is 3.88. The maximum absolute atomic E-state index is 12.3. The number of nitrogens with two attached hydrogens (primary N) is 1. The maximum atomic E-state index is 12.3. The molecular weight excluding hydrogens is 212 g/mol. The van der Waals surface area contributed by atoms with E-state index in [1.165, 1.54) is 18.4 Å². The average Bonchev–Trinajstić information content (AvgIpc) is 2.96. The summed E-state index contributed by atoms with van der Waals surface area (Å²) < 4.78 is 0. The van der Waals surface area contributed by atoms with Gasteiger partial charge in [-0.1, -0.05) is 18.2 Å². The molecular formula is C14H18N2O. The zero-order chi connectivity index (χ0) is 12.3. The molecule has 1 saturated carbocycles. The van der Waals surface area contributed by atoms with Crippen molar-refractivity contribution in [1.29, 1.82) is 0 Å². The normalized spacial score (nSPS) is 20.5. The van der Waals surface area contributed by atoms with E-state index in [4.69, 9.17) is 5.73 Å². The fourth-order valence-corrected chi connectivity index (χ4v) is 2.74.